The van der Waals surface area contributed by atoms with E-state index in [0.29, 0.717) is 12.1 Å². The Balaban J connectivity index is 2.28. The first-order valence-electron chi connectivity index (χ1n) is 6.65. The summed E-state index contributed by atoms with van der Waals surface area (Å²) in [5, 5.41) is 11.5. The first-order valence-corrected chi connectivity index (χ1v) is 6.65. The quantitative estimate of drug-likeness (QED) is 0.818. The van der Waals surface area contributed by atoms with Gasteiger partial charge in [0.1, 0.15) is 5.69 Å². The predicted octanol–water partition coefficient (Wildman–Crippen LogP) is 3.65. The van der Waals surface area contributed by atoms with Gasteiger partial charge in [0.25, 0.3) is 11.5 Å². The third-order valence-corrected chi connectivity index (χ3v) is 3.28. The minimum absolute atomic E-state index is 0.00802. The minimum atomic E-state index is -5.97. The zero-order chi connectivity index (χ0) is 18.9. The average Bonchev–Trinajstić information content (AvgIpc) is 2.53. The van der Waals surface area contributed by atoms with Crippen molar-refractivity contribution in [1.82, 2.24) is 4.98 Å². The number of benzene rings is 1. The lowest BCUT2D eigenvalue weighted by molar-refractivity contribution is -0.376. The van der Waals surface area contributed by atoms with Crippen molar-refractivity contribution >= 4 is 11.6 Å². The number of carbonyl (C=O) groups is 1. The highest BCUT2D eigenvalue weighted by atomic mass is 19.4. The van der Waals surface area contributed by atoms with Crippen molar-refractivity contribution in [1.29, 1.82) is 0 Å². The molecule has 0 aliphatic carbocycles. The SMILES string of the molecule is O=C(Nc1ccc(C(O)(C(F)(F)F)C(F)(F)F)cc1)c1ccccn1. The number of nitrogens with one attached hydrogen (secondary N) is 1. The van der Waals surface area contributed by atoms with Gasteiger partial charge in [-0.05, 0) is 24.3 Å². The molecule has 134 valence electrons. The molecule has 2 N–H and O–H groups in total. The number of halogens is 6. The second kappa shape index (κ2) is 6.36. The van der Waals surface area contributed by atoms with Crippen molar-refractivity contribution in [3.63, 3.8) is 0 Å². The van der Waals surface area contributed by atoms with Crippen LogP contribution in [0, 0.1) is 0 Å². The van der Waals surface area contributed by atoms with Gasteiger partial charge < -0.3 is 10.4 Å². The molecule has 0 spiro atoms. The van der Waals surface area contributed by atoms with E-state index in [-0.39, 0.29) is 11.4 Å². The Morgan fingerprint density at radius 2 is 1.48 bits per heavy atom. The standard InChI is InChI=1S/C15H10F6N2O2/c16-14(17,18)13(25,15(19,20)21)9-4-6-10(7-5-9)23-12(24)11-3-1-2-8-22-11/h1-8,25H,(H,23,24). The number of rotatable bonds is 3. The van der Waals surface area contributed by atoms with Crippen molar-refractivity contribution in [2.24, 2.45) is 0 Å². The van der Waals surface area contributed by atoms with Crippen LogP contribution in [-0.2, 0) is 5.60 Å². The fraction of sp³-hybridized carbons (Fsp3) is 0.200. The van der Waals surface area contributed by atoms with Gasteiger partial charge in [-0.15, -0.1) is 0 Å². The van der Waals surface area contributed by atoms with Crippen molar-refractivity contribution in [2.75, 3.05) is 5.32 Å². The van der Waals surface area contributed by atoms with Crippen molar-refractivity contribution in [3.8, 4) is 0 Å². The summed E-state index contributed by atoms with van der Waals surface area (Å²) >= 11 is 0. The third kappa shape index (κ3) is 3.58. The van der Waals surface area contributed by atoms with Gasteiger partial charge in [0.05, 0.1) is 0 Å². The Kier molecular flexibility index (Phi) is 4.76. The molecular formula is C15H10F6N2O2. The Hall–Kier alpha value is -2.62. The topological polar surface area (TPSA) is 62.2 Å². The van der Waals surface area contributed by atoms with E-state index in [4.69, 9.17) is 0 Å². The number of nitrogens with zero attached hydrogens (tertiary/aromatic N) is 1. The molecule has 0 saturated carbocycles. The lowest BCUT2D eigenvalue weighted by Gasteiger charge is -2.32. The number of alkyl halides is 6. The highest BCUT2D eigenvalue weighted by Gasteiger charge is 2.71. The molecule has 1 heterocycles. The van der Waals surface area contributed by atoms with Crippen molar-refractivity contribution < 1.29 is 36.2 Å². The molecule has 1 amide bonds. The minimum Gasteiger partial charge on any atom is -0.369 e. The van der Waals surface area contributed by atoms with E-state index in [0.717, 1.165) is 12.1 Å². The summed E-state index contributed by atoms with van der Waals surface area (Å²) in [5.74, 6) is -0.699. The van der Waals surface area contributed by atoms with Crippen LogP contribution in [0.25, 0.3) is 0 Å². The van der Waals surface area contributed by atoms with Gasteiger partial charge in [0, 0.05) is 17.4 Å². The highest BCUT2D eigenvalue weighted by molar-refractivity contribution is 6.02. The number of aliphatic hydroxyl groups is 1. The number of aromatic nitrogens is 1. The van der Waals surface area contributed by atoms with Crippen molar-refractivity contribution in [2.45, 2.75) is 18.0 Å². The average molecular weight is 364 g/mol. The Labute approximate surface area is 137 Å². The second-order valence-corrected chi connectivity index (χ2v) is 4.95. The zero-order valence-corrected chi connectivity index (χ0v) is 12.2. The maximum Gasteiger partial charge on any atom is 0.430 e. The zero-order valence-electron chi connectivity index (χ0n) is 12.2. The van der Waals surface area contributed by atoms with E-state index in [9.17, 15) is 36.2 Å². The first kappa shape index (κ1) is 18.7. The second-order valence-electron chi connectivity index (χ2n) is 4.95. The molecule has 0 bridgehead atoms. The molecule has 1 aromatic carbocycles. The molecule has 0 aliphatic rings. The van der Waals surface area contributed by atoms with Crippen molar-refractivity contribution in [3.05, 3.63) is 59.9 Å². The Bertz CT molecular complexity index is 727. The molecule has 0 radical (unpaired) electrons. The fourth-order valence-electron chi connectivity index (χ4n) is 1.98. The van der Waals surface area contributed by atoms with E-state index >= 15 is 0 Å². The smallest absolute Gasteiger partial charge is 0.369 e. The predicted molar refractivity (Wildman–Crippen MR) is 74.6 cm³/mol. The fourth-order valence-corrected chi connectivity index (χ4v) is 1.98. The molecule has 10 heteroatoms. The lowest BCUT2D eigenvalue weighted by Crippen LogP contribution is -2.53. The van der Waals surface area contributed by atoms with Crippen LogP contribution < -0.4 is 5.32 Å². The largest absolute Gasteiger partial charge is 0.430 e. The van der Waals surface area contributed by atoms with Crippen LogP contribution in [0.3, 0.4) is 0 Å². The van der Waals surface area contributed by atoms with Crippen LogP contribution in [0.5, 0.6) is 0 Å². The molecule has 4 nitrogen and oxygen atoms in total. The van der Waals surface area contributed by atoms with Gasteiger partial charge in [0.2, 0.25) is 0 Å². The Morgan fingerprint density at radius 1 is 0.920 bits per heavy atom. The molecule has 1 aromatic heterocycles. The van der Waals surface area contributed by atoms with Gasteiger partial charge >= 0.3 is 12.4 Å². The molecule has 2 aromatic rings. The molecule has 25 heavy (non-hydrogen) atoms. The summed E-state index contributed by atoms with van der Waals surface area (Å²) in [6, 6.07) is 6.97. The summed E-state index contributed by atoms with van der Waals surface area (Å²) in [6.07, 6.45) is -10.6. The summed E-state index contributed by atoms with van der Waals surface area (Å²) in [5.41, 5.74) is -6.48. The van der Waals surface area contributed by atoms with Crippen LogP contribution in [0.4, 0.5) is 32.0 Å². The van der Waals surface area contributed by atoms with Gasteiger partial charge in [-0.2, -0.15) is 26.3 Å². The number of hydrogen-bond donors (Lipinski definition) is 2. The van der Waals surface area contributed by atoms with Crippen LogP contribution in [0.2, 0.25) is 0 Å². The molecule has 0 fully saturated rings. The summed E-state index contributed by atoms with van der Waals surface area (Å²) < 4.78 is 76.6. The maximum atomic E-state index is 12.8. The number of pyridine rings is 1. The summed E-state index contributed by atoms with van der Waals surface area (Å²) in [6.45, 7) is 0. The highest BCUT2D eigenvalue weighted by Crippen LogP contribution is 2.50. The molecule has 2 rings (SSSR count). The normalized spacial score (nSPS) is 12.8. The van der Waals surface area contributed by atoms with Crippen LogP contribution in [0.15, 0.2) is 48.7 Å². The number of amides is 1. The molecule has 0 saturated heterocycles. The number of carbonyl (C=O) groups excluding carboxylic acids is 1. The van der Waals surface area contributed by atoms with E-state index in [1.54, 1.807) is 6.07 Å². The molecular weight excluding hydrogens is 354 g/mol. The van der Waals surface area contributed by atoms with Crippen LogP contribution >= 0.6 is 0 Å². The molecule has 0 unspecified atom stereocenters. The summed E-state index contributed by atoms with van der Waals surface area (Å²) in [4.78, 5) is 15.6. The van der Waals surface area contributed by atoms with Gasteiger partial charge in [-0.3, -0.25) is 9.78 Å². The number of anilines is 1. The van der Waals surface area contributed by atoms with Crippen LogP contribution in [0.1, 0.15) is 16.1 Å². The van der Waals surface area contributed by atoms with E-state index < -0.39 is 29.4 Å². The first-order chi connectivity index (χ1) is 11.5. The third-order valence-electron chi connectivity index (χ3n) is 3.28. The maximum absolute atomic E-state index is 12.8. The van der Waals surface area contributed by atoms with Gasteiger partial charge in [0.15, 0.2) is 0 Å². The van der Waals surface area contributed by atoms with Gasteiger partial charge in [-0.25, -0.2) is 0 Å². The number of hydrogen-bond acceptors (Lipinski definition) is 3. The summed E-state index contributed by atoms with van der Waals surface area (Å²) in [7, 11) is 0. The van der Waals surface area contributed by atoms with E-state index in [1.165, 1.54) is 18.3 Å². The van der Waals surface area contributed by atoms with Gasteiger partial charge in [-0.1, -0.05) is 18.2 Å². The van der Waals surface area contributed by atoms with E-state index in [1.807, 2.05) is 0 Å². The molecule has 0 aliphatic heterocycles. The monoisotopic (exact) mass is 364 g/mol. The Morgan fingerprint density at radius 3 is 1.92 bits per heavy atom. The molecule has 0 atom stereocenters. The van der Waals surface area contributed by atoms with E-state index in [2.05, 4.69) is 10.3 Å². The van der Waals surface area contributed by atoms with Crippen LogP contribution in [-0.4, -0.2) is 28.4 Å². The lowest BCUT2D eigenvalue weighted by atomic mass is 9.92.